The molecule has 1 saturated carbocycles. The van der Waals surface area contributed by atoms with Crippen molar-refractivity contribution in [1.82, 2.24) is 0 Å². The molecule has 5 heteroatoms. The van der Waals surface area contributed by atoms with Gasteiger partial charge in [-0.25, -0.2) is 4.39 Å². The van der Waals surface area contributed by atoms with E-state index in [9.17, 15) is 17.6 Å². The summed E-state index contributed by atoms with van der Waals surface area (Å²) in [4.78, 5) is 0. The highest BCUT2D eigenvalue weighted by atomic mass is 19.4. The van der Waals surface area contributed by atoms with E-state index < -0.39 is 17.6 Å². The van der Waals surface area contributed by atoms with Gasteiger partial charge in [0.25, 0.3) is 0 Å². The van der Waals surface area contributed by atoms with Crippen LogP contribution in [-0.2, 0) is 6.18 Å². The van der Waals surface area contributed by atoms with Crippen LogP contribution in [0, 0.1) is 17.7 Å². The van der Waals surface area contributed by atoms with Crippen LogP contribution in [0.2, 0.25) is 0 Å². The van der Waals surface area contributed by atoms with E-state index >= 15 is 0 Å². The van der Waals surface area contributed by atoms with Gasteiger partial charge < -0.3 is 5.32 Å². The van der Waals surface area contributed by atoms with Crippen molar-refractivity contribution in [2.75, 3.05) is 5.32 Å². The molecule has 1 aliphatic rings. The molecule has 112 valence electrons. The Labute approximate surface area is 116 Å². The standard InChI is InChI=1S/C15H19F4N/c1-9-3-5-12(7-10(9)2)20-14-6-4-11(8-13(14)16)15(17,18)19/h4,6,8-10,12,20H,3,5,7H2,1-2H3. The molecule has 0 radical (unpaired) electrons. The monoisotopic (exact) mass is 289 g/mol. The molecule has 0 amide bonds. The van der Waals surface area contributed by atoms with E-state index in [0.29, 0.717) is 17.9 Å². The fourth-order valence-electron chi connectivity index (χ4n) is 2.71. The summed E-state index contributed by atoms with van der Waals surface area (Å²) in [7, 11) is 0. The zero-order chi connectivity index (χ0) is 14.9. The molecule has 0 aliphatic heterocycles. The van der Waals surface area contributed by atoms with Gasteiger partial charge in [-0.1, -0.05) is 13.8 Å². The summed E-state index contributed by atoms with van der Waals surface area (Å²) >= 11 is 0. The Bertz CT molecular complexity index is 469. The molecule has 3 atom stereocenters. The average Bonchev–Trinajstić information content (AvgIpc) is 2.35. The highest BCUT2D eigenvalue weighted by Gasteiger charge is 2.31. The van der Waals surface area contributed by atoms with E-state index in [1.807, 2.05) is 0 Å². The van der Waals surface area contributed by atoms with E-state index in [1.165, 1.54) is 6.07 Å². The predicted molar refractivity (Wildman–Crippen MR) is 71.0 cm³/mol. The van der Waals surface area contributed by atoms with Crippen LogP contribution in [0.25, 0.3) is 0 Å². The van der Waals surface area contributed by atoms with Gasteiger partial charge in [0.1, 0.15) is 5.82 Å². The Hall–Kier alpha value is -1.26. The third-order valence-corrected chi connectivity index (χ3v) is 4.25. The lowest BCUT2D eigenvalue weighted by atomic mass is 9.79. The van der Waals surface area contributed by atoms with Crippen molar-refractivity contribution in [3.05, 3.63) is 29.6 Å². The van der Waals surface area contributed by atoms with Crippen molar-refractivity contribution >= 4 is 5.69 Å². The van der Waals surface area contributed by atoms with Crippen molar-refractivity contribution in [3.63, 3.8) is 0 Å². The Morgan fingerprint density at radius 3 is 2.35 bits per heavy atom. The maximum atomic E-state index is 13.7. The molecular weight excluding hydrogens is 270 g/mol. The van der Waals surface area contributed by atoms with Crippen LogP contribution >= 0.6 is 0 Å². The minimum atomic E-state index is -4.51. The van der Waals surface area contributed by atoms with Gasteiger partial charge in [-0.15, -0.1) is 0 Å². The molecule has 0 spiro atoms. The van der Waals surface area contributed by atoms with Gasteiger partial charge in [-0.2, -0.15) is 13.2 Å². The summed E-state index contributed by atoms with van der Waals surface area (Å²) in [6, 6.07) is 2.78. The summed E-state index contributed by atoms with van der Waals surface area (Å²) < 4.78 is 51.1. The van der Waals surface area contributed by atoms with Crippen molar-refractivity contribution in [3.8, 4) is 0 Å². The zero-order valence-corrected chi connectivity index (χ0v) is 11.6. The van der Waals surface area contributed by atoms with Crippen LogP contribution in [0.1, 0.15) is 38.7 Å². The molecule has 1 aromatic carbocycles. The minimum Gasteiger partial charge on any atom is -0.380 e. The molecule has 0 saturated heterocycles. The molecule has 0 heterocycles. The first-order valence-corrected chi connectivity index (χ1v) is 6.90. The summed E-state index contributed by atoms with van der Waals surface area (Å²) in [5.41, 5.74) is -0.795. The maximum Gasteiger partial charge on any atom is 0.416 e. The van der Waals surface area contributed by atoms with Gasteiger partial charge in [-0.3, -0.25) is 0 Å². The predicted octanol–water partition coefficient (Wildman–Crippen LogP) is 5.08. The van der Waals surface area contributed by atoms with Crippen LogP contribution in [0.3, 0.4) is 0 Å². The van der Waals surface area contributed by atoms with E-state index in [1.54, 1.807) is 0 Å². The smallest absolute Gasteiger partial charge is 0.380 e. The van der Waals surface area contributed by atoms with Crippen LogP contribution < -0.4 is 5.32 Å². The van der Waals surface area contributed by atoms with E-state index in [-0.39, 0.29) is 11.7 Å². The number of benzene rings is 1. The number of hydrogen-bond acceptors (Lipinski definition) is 1. The Kier molecular flexibility index (Phi) is 4.25. The molecule has 1 fully saturated rings. The van der Waals surface area contributed by atoms with Gasteiger partial charge >= 0.3 is 6.18 Å². The van der Waals surface area contributed by atoms with Crippen LogP contribution in [0.5, 0.6) is 0 Å². The van der Waals surface area contributed by atoms with Gasteiger partial charge in [0.05, 0.1) is 11.3 Å². The largest absolute Gasteiger partial charge is 0.416 e. The fraction of sp³-hybridized carbons (Fsp3) is 0.600. The highest BCUT2D eigenvalue weighted by molar-refractivity contribution is 5.47. The van der Waals surface area contributed by atoms with E-state index in [0.717, 1.165) is 25.3 Å². The van der Waals surface area contributed by atoms with Crippen molar-refractivity contribution in [2.24, 2.45) is 11.8 Å². The second-order valence-electron chi connectivity index (χ2n) is 5.80. The zero-order valence-electron chi connectivity index (χ0n) is 11.6. The molecule has 0 bridgehead atoms. The SMILES string of the molecule is CC1CCC(Nc2ccc(C(F)(F)F)cc2F)CC1C. The second kappa shape index (κ2) is 5.62. The van der Waals surface area contributed by atoms with Gasteiger partial charge in [0.15, 0.2) is 0 Å². The number of rotatable bonds is 2. The molecule has 0 aromatic heterocycles. The second-order valence-corrected chi connectivity index (χ2v) is 5.80. The van der Waals surface area contributed by atoms with Crippen LogP contribution in [0.4, 0.5) is 23.2 Å². The average molecular weight is 289 g/mol. The number of anilines is 1. The number of hydrogen-bond donors (Lipinski definition) is 1. The summed E-state index contributed by atoms with van der Waals surface area (Å²) in [5, 5.41) is 3.04. The van der Waals surface area contributed by atoms with Crippen LogP contribution in [-0.4, -0.2) is 6.04 Å². The molecule has 3 unspecified atom stereocenters. The molecular formula is C15H19F4N. The van der Waals surface area contributed by atoms with Crippen LogP contribution in [0.15, 0.2) is 18.2 Å². The highest BCUT2D eigenvalue weighted by Crippen LogP contribution is 2.34. The quantitative estimate of drug-likeness (QED) is 0.748. The first kappa shape index (κ1) is 15.1. The lowest BCUT2D eigenvalue weighted by molar-refractivity contribution is -0.137. The third kappa shape index (κ3) is 3.44. The van der Waals surface area contributed by atoms with Crippen molar-refractivity contribution in [2.45, 2.75) is 45.3 Å². The Morgan fingerprint density at radius 1 is 1.10 bits per heavy atom. The summed E-state index contributed by atoms with van der Waals surface area (Å²) in [6.45, 7) is 4.35. The molecule has 1 aliphatic carbocycles. The maximum absolute atomic E-state index is 13.7. The lowest BCUT2D eigenvalue weighted by Gasteiger charge is -2.33. The van der Waals surface area contributed by atoms with Gasteiger partial charge in [0.2, 0.25) is 0 Å². The molecule has 20 heavy (non-hydrogen) atoms. The summed E-state index contributed by atoms with van der Waals surface area (Å²) in [5.74, 6) is 0.343. The molecule has 1 N–H and O–H groups in total. The number of halogens is 4. The first-order valence-electron chi connectivity index (χ1n) is 6.90. The first-order chi connectivity index (χ1) is 9.27. The van der Waals surface area contributed by atoms with Crippen molar-refractivity contribution < 1.29 is 17.6 Å². The number of alkyl halides is 3. The Morgan fingerprint density at radius 2 is 1.80 bits per heavy atom. The topological polar surface area (TPSA) is 12.0 Å². The third-order valence-electron chi connectivity index (χ3n) is 4.25. The van der Waals surface area contributed by atoms with Crippen molar-refractivity contribution in [1.29, 1.82) is 0 Å². The van der Waals surface area contributed by atoms with Gasteiger partial charge in [0, 0.05) is 6.04 Å². The minimum absolute atomic E-state index is 0.132. The molecule has 1 nitrogen and oxygen atoms in total. The molecule has 1 aromatic rings. The normalized spacial score (nSPS) is 27.4. The van der Waals surface area contributed by atoms with E-state index in [4.69, 9.17) is 0 Å². The number of nitrogens with one attached hydrogen (secondary N) is 1. The molecule has 2 rings (SSSR count). The fourth-order valence-corrected chi connectivity index (χ4v) is 2.71. The van der Waals surface area contributed by atoms with Gasteiger partial charge in [-0.05, 0) is 49.3 Å². The van der Waals surface area contributed by atoms with E-state index in [2.05, 4.69) is 19.2 Å². The Balaban J connectivity index is 2.07. The summed E-state index contributed by atoms with van der Waals surface area (Å²) in [6.07, 6.45) is -1.61. The lowest BCUT2D eigenvalue weighted by Crippen LogP contribution is -2.30.